The molecule has 4 N–H and O–H groups in total. The lowest BCUT2D eigenvalue weighted by molar-refractivity contribution is 0.228. The monoisotopic (exact) mass is 434 g/mol. The first-order valence-electron chi connectivity index (χ1n) is 10.8. The number of aryl methyl sites for hydroxylation is 1. The Morgan fingerprint density at radius 2 is 1.94 bits per heavy atom. The third-order valence-electron chi connectivity index (χ3n) is 5.51. The summed E-state index contributed by atoms with van der Waals surface area (Å²) in [6.07, 6.45) is 4.36. The number of likely N-dealkylation sites (N-methyl/N-ethyl adjacent to an activating group) is 1. The lowest BCUT2D eigenvalue weighted by atomic mass is 9.92. The average Bonchev–Trinajstić information content (AvgIpc) is 2.74. The fourth-order valence-corrected chi connectivity index (χ4v) is 3.96. The highest BCUT2D eigenvalue weighted by Gasteiger charge is 2.18. The number of hydrogen-bond acceptors (Lipinski definition) is 8. The van der Waals surface area contributed by atoms with Crippen LogP contribution in [0, 0.1) is 6.92 Å². The number of aromatic nitrogens is 3. The average molecular weight is 435 g/mol. The van der Waals surface area contributed by atoms with E-state index in [9.17, 15) is 0 Å². The molecule has 2 aromatic heterocycles. The first-order chi connectivity index (χ1) is 15.3. The molecule has 4 rings (SSSR count). The van der Waals surface area contributed by atoms with Crippen molar-refractivity contribution >= 4 is 11.6 Å². The Hall–Kier alpha value is -3.39. The summed E-state index contributed by atoms with van der Waals surface area (Å²) >= 11 is 0. The zero-order valence-electron chi connectivity index (χ0n) is 19.1. The molecule has 168 valence electrons. The van der Waals surface area contributed by atoms with E-state index in [0.29, 0.717) is 11.6 Å². The zero-order chi connectivity index (χ0) is 22.8. The summed E-state index contributed by atoms with van der Waals surface area (Å²) in [6.45, 7) is 8.25. The molecule has 8 heteroatoms. The summed E-state index contributed by atoms with van der Waals surface area (Å²) in [5.74, 6) is 1.52. The molecule has 0 atom stereocenters. The predicted molar refractivity (Wildman–Crippen MR) is 125 cm³/mol. The Morgan fingerprint density at radius 1 is 1.12 bits per heavy atom. The second-order valence-electron chi connectivity index (χ2n) is 8.54. The van der Waals surface area contributed by atoms with Crippen molar-refractivity contribution in [2.75, 3.05) is 25.1 Å². The second-order valence-corrected chi connectivity index (χ2v) is 8.54. The van der Waals surface area contributed by atoms with Gasteiger partial charge in [0.1, 0.15) is 18.2 Å². The molecule has 1 aliphatic rings. The fraction of sp³-hybridized carbons (Fsp3) is 0.375. The number of nitrogen functional groups attached to an aromatic ring is 2. The lowest BCUT2D eigenvalue weighted by Crippen LogP contribution is -2.27. The molecule has 3 aromatic rings. The Labute approximate surface area is 188 Å². The van der Waals surface area contributed by atoms with Gasteiger partial charge in [-0.05, 0) is 69.1 Å². The molecule has 0 saturated carbocycles. The third-order valence-corrected chi connectivity index (χ3v) is 5.51. The van der Waals surface area contributed by atoms with Crippen LogP contribution in [0.4, 0.5) is 11.6 Å². The molecule has 8 nitrogen and oxygen atoms in total. The van der Waals surface area contributed by atoms with Gasteiger partial charge in [0.2, 0.25) is 0 Å². The standard InChI is InChI=1S/C24H30N6O2/c1-14(2)32-21-11-27-22(25)9-18(21)13-31-24-23(26)28-10-20(29-24)16-7-15(3)19-5-6-30(4)12-17(19)8-16/h7-11,14H,5-6,12-13H2,1-4H3,(H2,25,27)(H2,26,28). The van der Waals surface area contributed by atoms with E-state index >= 15 is 0 Å². The van der Waals surface area contributed by atoms with Gasteiger partial charge in [0.25, 0.3) is 5.88 Å². The van der Waals surface area contributed by atoms with Crippen molar-refractivity contribution in [3.63, 3.8) is 0 Å². The maximum Gasteiger partial charge on any atom is 0.258 e. The normalized spacial score (nSPS) is 13.8. The Bertz CT molecular complexity index is 1130. The number of benzene rings is 1. The van der Waals surface area contributed by atoms with E-state index in [-0.39, 0.29) is 24.4 Å². The first-order valence-corrected chi connectivity index (χ1v) is 10.8. The molecule has 32 heavy (non-hydrogen) atoms. The van der Waals surface area contributed by atoms with Gasteiger partial charge in [0.05, 0.1) is 24.2 Å². The molecular formula is C24H30N6O2. The van der Waals surface area contributed by atoms with E-state index in [2.05, 4.69) is 46.0 Å². The summed E-state index contributed by atoms with van der Waals surface area (Å²) in [5, 5.41) is 0. The van der Waals surface area contributed by atoms with E-state index in [1.807, 2.05) is 13.8 Å². The largest absolute Gasteiger partial charge is 0.489 e. The number of hydrogen-bond donors (Lipinski definition) is 2. The summed E-state index contributed by atoms with van der Waals surface area (Å²) < 4.78 is 11.8. The van der Waals surface area contributed by atoms with Crippen molar-refractivity contribution in [2.24, 2.45) is 0 Å². The Morgan fingerprint density at radius 3 is 2.72 bits per heavy atom. The van der Waals surface area contributed by atoms with Crippen LogP contribution in [-0.4, -0.2) is 39.5 Å². The molecule has 0 radical (unpaired) electrons. The highest BCUT2D eigenvalue weighted by Crippen LogP contribution is 2.30. The van der Waals surface area contributed by atoms with Gasteiger partial charge in [-0.3, -0.25) is 0 Å². The molecular weight excluding hydrogens is 404 g/mol. The Balaban J connectivity index is 1.60. The van der Waals surface area contributed by atoms with Crippen LogP contribution in [-0.2, 0) is 19.6 Å². The van der Waals surface area contributed by atoms with E-state index in [0.717, 1.165) is 36.3 Å². The topological polar surface area (TPSA) is 112 Å². The van der Waals surface area contributed by atoms with Crippen molar-refractivity contribution < 1.29 is 9.47 Å². The SMILES string of the molecule is Cc1cc(-c2cnc(N)c(OCc3cc(N)ncc3OC(C)C)n2)cc2c1CCN(C)C2. The van der Waals surface area contributed by atoms with Gasteiger partial charge < -0.3 is 25.8 Å². The second kappa shape index (κ2) is 9.00. The van der Waals surface area contributed by atoms with Gasteiger partial charge in [-0.2, -0.15) is 0 Å². The van der Waals surface area contributed by atoms with Crippen LogP contribution in [0.15, 0.2) is 30.6 Å². The van der Waals surface area contributed by atoms with Gasteiger partial charge in [-0.1, -0.05) is 0 Å². The van der Waals surface area contributed by atoms with Crippen molar-refractivity contribution in [3.05, 3.63) is 52.8 Å². The molecule has 0 amide bonds. The number of nitrogens with two attached hydrogens (primary N) is 2. The quantitative estimate of drug-likeness (QED) is 0.607. The minimum absolute atomic E-state index is 0.00124. The van der Waals surface area contributed by atoms with Gasteiger partial charge in [-0.25, -0.2) is 15.0 Å². The van der Waals surface area contributed by atoms with Crippen LogP contribution in [0.3, 0.4) is 0 Å². The number of ether oxygens (including phenoxy) is 2. The van der Waals surface area contributed by atoms with Crippen LogP contribution >= 0.6 is 0 Å². The number of anilines is 2. The molecule has 1 aliphatic heterocycles. The maximum absolute atomic E-state index is 6.07. The smallest absolute Gasteiger partial charge is 0.258 e. The van der Waals surface area contributed by atoms with Crippen LogP contribution in [0.5, 0.6) is 11.6 Å². The molecule has 0 unspecified atom stereocenters. The highest BCUT2D eigenvalue weighted by molar-refractivity contribution is 5.64. The van der Waals surface area contributed by atoms with E-state index in [1.165, 1.54) is 16.7 Å². The lowest BCUT2D eigenvalue weighted by Gasteiger charge is -2.27. The van der Waals surface area contributed by atoms with Crippen LogP contribution in [0.1, 0.15) is 36.1 Å². The molecule has 0 bridgehead atoms. The van der Waals surface area contributed by atoms with Gasteiger partial charge in [0, 0.05) is 24.2 Å². The molecule has 3 heterocycles. The van der Waals surface area contributed by atoms with E-state index in [1.54, 1.807) is 18.5 Å². The number of pyridine rings is 1. The minimum Gasteiger partial charge on any atom is -0.489 e. The molecule has 0 spiro atoms. The maximum atomic E-state index is 6.07. The molecule has 0 aliphatic carbocycles. The van der Waals surface area contributed by atoms with Crippen molar-refractivity contribution in [1.82, 2.24) is 19.9 Å². The summed E-state index contributed by atoms with van der Waals surface area (Å²) in [7, 11) is 2.14. The predicted octanol–water partition coefficient (Wildman–Crippen LogP) is 3.37. The molecule has 0 fully saturated rings. The molecule has 0 saturated heterocycles. The van der Waals surface area contributed by atoms with Crippen LogP contribution < -0.4 is 20.9 Å². The minimum atomic E-state index is -0.00124. The third kappa shape index (κ3) is 4.75. The molecule has 1 aromatic carbocycles. The van der Waals surface area contributed by atoms with Crippen molar-refractivity contribution in [3.8, 4) is 22.9 Å². The van der Waals surface area contributed by atoms with Gasteiger partial charge in [-0.15, -0.1) is 0 Å². The summed E-state index contributed by atoms with van der Waals surface area (Å²) in [4.78, 5) is 15.4. The van der Waals surface area contributed by atoms with Crippen LogP contribution in [0.25, 0.3) is 11.3 Å². The van der Waals surface area contributed by atoms with E-state index < -0.39 is 0 Å². The van der Waals surface area contributed by atoms with Gasteiger partial charge >= 0.3 is 0 Å². The Kier molecular flexibility index (Phi) is 6.14. The number of nitrogens with zero attached hydrogens (tertiary/aromatic N) is 4. The zero-order valence-corrected chi connectivity index (χ0v) is 19.1. The van der Waals surface area contributed by atoms with Crippen molar-refractivity contribution in [1.29, 1.82) is 0 Å². The number of fused-ring (bicyclic) bond motifs is 1. The highest BCUT2D eigenvalue weighted by atomic mass is 16.5. The first kappa shape index (κ1) is 21.8. The van der Waals surface area contributed by atoms with E-state index in [4.69, 9.17) is 20.9 Å². The van der Waals surface area contributed by atoms with Crippen molar-refractivity contribution in [2.45, 2.75) is 46.4 Å². The summed E-state index contributed by atoms with van der Waals surface area (Å²) in [5.41, 5.74) is 18.5. The summed E-state index contributed by atoms with van der Waals surface area (Å²) in [6, 6.07) is 6.08. The number of rotatable bonds is 6. The van der Waals surface area contributed by atoms with Crippen LogP contribution in [0.2, 0.25) is 0 Å². The fourth-order valence-electron chi connectivity index (χ4n) is 3.96. The van der Waals surface area contributed by atoms with Gasteiger partial charge in [0.15, 0.2) is 5.82 Å².